The van der Waals surface area contributed by atoms with E-state index in [9.17, 15) is 9.59 Å². The molecule has 0 aromatic heterocycles. The van der Waals surface area contributed by atoms with E-state index < -0.39 is 5.97 Å². The first-order valence-corrected chi connectivity index (χ1v) is 7.54. The van der Waals surface area contributed by atoms with E-state index in [1.165, 1.54) is 12.2 Å². The van der Waals surface area contributed by atoms with Gasteiger partial charge in [0.2, 0.25) is 0 Å². The van der Waals surface area contributed by atoms with Gasteiger partial charge in [0.05, 0.1) is 6.42 Å². The topological polar surface area (TPSA) is 78.4 Å². The highest BCUT2D eigenvalue weighted by Crippen LogP contribution is 2.25. The summed E-state index contributed by atoms with van der Waals surface area (Å²) in [6.45, 7) is 2.64. The van der Waals surface area contributed by atoms with E-state index in [1.807, 2.05) is 18.7 Å². The summed E-state index contributed by atoms with van der Waals surface area (Å²) in [6, 6.07) is -0.522. The summed E-state index contributed by atoms with van der Waals surface area (Å²) in [6.07, 6.45) is 3.91. The Bertz CT molecular complexity index is 280. The van der Waals surface area contributed by atoms with E-state index in [0.717, 1.165) is 12.8 Å². The van der Waals surface area contributed by atoms with Crippen LogP contribution in [0.25, 0.3) is 0 Å². The third-order valence-electron chi connectivity index (χ3n) is 2.91. The molecule has 2 amide bonds. The molecule has 0 spiro atoms. The van der Waals surface area contributed by atoms with Gasteiger partial charge < -0.3 is 15.7 Å². The van der Waals surface area contributed by atoms with Crippen molar-refractivity contribution in [2.75, 3.05) is 12.3 Å². The van der Waals surface area contributed by atoms with Gasteiger partial charge in [-0.15, -0.1) is 0 Å². The maximum atomic E-state index is 11.6. The summed E-state index contributed by atoms with van der Waals surface area (Å²) in [7, 11) is 0. The molecule has 2 unspecified atom stereocenters. The molecule has 5 nitrogen and oxygen atoms in total. The van der Waals surface area contributed by atoms with Crippen molar-refractivity contribution in [2.24, 2.45) is 0 Å². The first-order valence-electron chi connectivity index (χ1n) is 6.49. The lowest BCUT2D eigenvalue weighted by Crippen LogP contribution is -2.44. The van der Waals surface area contributed by atoms with Crippen LogP contribution in [-0.2, 0) is 4.79 Å². The Morgan fingerprint density at radius 3 is 2.83 bits per heavy atom. The maximum absolute atomic E-state index is 11.6. The molecule has 18 heavy (non-hydrogen) atoms. The van der Waals surface area contributed by atoms with Crippen LogP contribution >= 0.6 is 11.8 Å². The Morgan fingerprint density at radius 1 is 1.50 bits per heavy atom. The minimum Gasteiger partial charge on any atom is -0.481 e. The number of carboxylic acid groups (broad SMARTS) is 1. The molecule has 0 saturated carbocycles. The third kappa shape index (κ3) is 6.14. The van der Waals surface area contributed by atoms with E-state index in [0.29, 0.717) is 18.2 Å². The summed E-state index contributed by atoms with van der Waals surface area (Å²) in [5, 5.41) is 14.8. The summed E-state index contributed by atoms with van der Waals surface area (Å²) in [5.41, 5.74) is 0. The lowest BCUT2D eigenvalue weighted by molar-refractivity contribution is -0.137. The van der Waals surface area contributed by atoms with Crippen LogP contribution in [-0.4, -0.2) is 40.7 Å². The molecule has 0 aliphatic carbocycles. The zero-order valence-corrected chi connectivity index (χ0v) is 11.6. The van der Waals surface area contributed by atoms with Crippen LogP contribution in [0.4, 0.5) is 4.79 Å². The van der Waals surface area contributed by atoms with Crippen LogP contribution < -0.4 is 10.6 Å². The summed E-state index contributed by atoms with van der Waals surface area (Å²) >= 11 is 1.89. The van der Waals surface area contributed by atoms with Crippen LogP contribution in [0.5, 0.6) is 0 Å². The molecule has 1 aliphatic rings. The number of nitrogens with one attached hydrogen (secondary N) is 2. The number of carboxylic acids is 1. The average molecular weight is 274 g/mol. The van der Waals surface area contributed by atoms with Gasteiger partial charge in [-0.3, -0.25) is 4.79 Å². The number of urea groups is 1. The second kappa shape index (κ2) is 8.24. The van der Waals surface area contributed by atoms with Crippen molar-refractivity contribution >= 4 is 23.8 Å². The highest BCUT2D eigenvalue weighted by atomic mass is 32.2. The van der Waals surface area contributed by atoms with Crippen LogP contribution in [0.15, 0.2) is 0 Å². The molecule has 3 N–H and O–H groups in total. The quantitative estimate of drug-likeness (QED) is 0.662. The van der Waals surface area contributed by atoms with E-state index in [1.54, 1.807) is 0 Å². The first kappa shape index (κ1) is 15.1. The van der Waals surface area contributed by atoms with Crippen molar-refractivity contribution in [3.8, 4) is 0 Å². The van der Waals surface area contributed by atoms with Crippen molar-refractivity contribution in [1.82, 2.24) is 10.6 Å². The second-order valence-electron chi connectivity index (χ2n) is 4.57. The van der Waals surface area contributed by atoms with Crippen molar-refractivity contribution in [2.45, 2.75) is 50.3 Å². The van der Waals surface area contributed by atoms with Gasteiger partial charge in [-0.2, -0.15) is 11.8 Å². The maximum Gasteiger partial charge on any atom is 0.315 e. The zero-order chi connectivity index (χ0) is 13.4. The van der Waals surface area contributed by atoms with Gasteiger partial charge in [0.25, 0.3) is 0 Å². The van der Waals surface area contributed by atoms with Gasteiger partial charge in [0.1, 0.15) is 0 Å². The van der Waals surface area contributed by atoms with Gasteiger partial charge in [-0.05, 0) is 25.0 Å². The number of thioether (sulfide) groups is 1. The van der Waals surface area contributed by atoms with Crippen molar-refractivity contribution < 1.29 is 14.7 Å². The number of hydrogen-bond acceptors (Lipinski definition) is 3. The average Bonchev–Trinajstić information content (AvgIpc) is 2.78. The zero-order valence-electron chi connectivity index (χ0n) is 10.8. The number of carbonyl (C=O) groups excluding carboxylic acids is 1. The molecule has 1 rings (SSSR count). The van der Waals surface area contributed by atoms with Gasteiger partial charge in [-0.25, -0.2) is 4.79 Å². The third-order valence-corrected chi connectivity index (χ3v) is 4.31. The van der Waals surface area contributed by atoms with Gasteiger partial charge in [0, 0.05) is 17.8 Å². The van der Waals surface area contributed by atoms with Gasteiger partial charge >= 0.3 is 12.0 Å². The van der Waals surface area contributed by atoms with E-state index in [-0.39, 0.29) is 18.5 Å². The lowest BCUT2D eigenvalue weighted by atomic mass is 10.1. The largest absolute Gasteiger partial charge is 0.481 e. The molecule has 0 radical (unpaired) electrons. The summed E-state index contributed by atoms with van der Waals surface area (Å²) in [4.78, 5) is 22.3. The molecule has 0 bridgehead atoms. The Labute approximate surface area is 112 Å². The predicted octanol–water partition coefficient (Wildman–Crippen LogP) is 1.82. The van der Waals surface area contributed by atoms with Crippen LogP contribution in [0.1, 0.15) is 39.0 Å². The normalized spacial score (nSPS) is 20.4. The monoisotopic (exact) mass is 274 g/mol. The molecular formula is C12H22N2O3S. The minimum absolute atomic E-state index is 0.0144. The number of amides is 2. The van der Waals surface area contributed by atoms with E-state index >= 15 is 0 Å². The Hall–Kier alpha value is -0.910. The second-order valence-corrected chi connectivity index (χ2v) is 5.98. The smallest absolute Gasteiger partial charge is 0.315 e. The fourth-order valence-electron chi connectivity index (χ4n) is 2.03. The molecule has 104 valence electrons. The van der Waals surface area contributed by atoms with Gasteiger partial charge in [-0.1, -0.05) is 13.3 Å². The van der Waals surface area contributed by atoms with Crippen LogP contribution in [0.2, 0.25) is 0 Å². The van der Waals surface area contributed by atoms with Crippen LogP contribution in [0, 0.1) is 0 Å². The fourth-order valence-corrected chi connectivity index (χ4v) is 3.23. The summed E-state index contributed by atoms with van der Waals surface area (Å²) < 4.78 is 0. The molecule has 1 heterocycles. The minimum atomic E-state index is -0.875. The van der Waals surface area contributed by atoms with Gasteiger partial charge in [0.15, 0.2) is 0 Å². The highest BCUT2D eigenvalue weighted by molar-refractivity contribution is 8.00. The molecule has 2 atom stereocenters. The number of hydrogen-bond donors (Lipinski definition) is 3. The van der Waals surface area contributed by atoms with Crippen molar-refractivity contribution in [3.05, 3.63) is 0 Å². The van der Waals surface area contributed by atoms with Crippen molar-refractivity contribution in [3.63, 3.8) is 0 Å². The molecule has 6 heteroatoms. The first-order chi connectivity index (χ1) is 8.61. The van der Waals surface area contributed by atoms with E-state index in [2.05, 4.69) is 10.6 Å². The molecule has 0 aromatic carbocycles. The molecular weight excluding hydrogens is 252 g/mol. The molecule has 1 fully saturated rings. The highest BCUT2D eigenvalue weighted by Gasteiger charge is 2.18. The Morgan fingerprint density at radius 2 is 2.28 bits per heavy atom. The predicted molar refractivity (Wildman–Crippen MR) is 73.0 cm³/mol. The lowest BCUT2D eigenvalue weighted by Gasteiger charge is -2.17. The number of rotatable bonds is 7. The number of carbonyl (C=O) groups is 2. The molecule has 1 saturated heterocycles. The molecule has 1 aliphatic heterocycles. The van der Waals surface area contributed by atoms with E-state index in [4.69, 9.17) is 5.11 Å². The molecule has 0 aromatic rings. The SMILES string of the molecule is CCCC(CC(=O)O)NC(=O)NCC1CCCS1. The van der Waals surface area contributed by atoms with Crippen LogP contribution in [0.3, 0.4) is 0 Å². The fraction of sp³-hybridized carbons (Fsp3) is 0.833. The Balaban J connectivity index is 2.24. The van der Waals surface area contributed by atoms with Crippen molar-refractivity contribution in [1.29, 1.82) is 0 Å². The Kier molecular flexibility index (Phi) is 6.93. The summed E-state index contributed by atoms with van der Waals surface area (Å²) in [5.74, 6) is 0.297. The number of aliphatic carboxylic acids is 1. The standard InChI is InChI=1S/C12H22N2O3S/c1-2-4-9(7-11(15)16)14-12(17)13-8-10-5-3-6-18-10/h9-10H,2-8H2,1H3,(H,15,16)(H2,13,14,17).